The average molecular weight is 906 g/mol. The van der Waals surface area contributed by atoms with Crippen LogP contribution in [-0.4, -0.2) is 46.9 Å². The van der Waals surface area contributed by atoms with E-state index in [4.69, 9.17) is 4.74 Å². The summed E-state index contributed by atoms with van der Waals surface area (Å²) in [5.41, 5.74) is 0. The minimum atomic E-state index is -0.807. The third-order valence-corrected chi connectivity index (χ3v) is 12.1. The summed E-state index contributed by atoms with van der Waals surface area (Å²) < 4.78 is 5.92. The third kappa shape index (κ3) is 47.3. The molecular weight excluding hydrogens is 803 g/mol. The zero-order valence-electron chi connectivity index (χ0n) is 42.6. The van der Waals surface area contributed by atoms with Gasteiger partial charge in [-0.05, 0) is 77.0 Å². The second-order valence-electron chi connectivity index (χ2n) is 18.4. The molecule has 0 rings (SSSR count). The number of unbranched alkanes of at least 4 members (excludes halogenated alkanes) is 27. The highest BCUT2D eigenvalue weighted by Crippen LogP contribution is 2.17. The van der Waals surface area contributed by atoms with Crippen molar-refractivity contribution in [2.24, 2.45) is 0 Å². The first-order valence-corrected chi connectivity index (χ1v) is 27.4. The number of aliphatic hydroxyl groups is 2. The lowest BCUT2D eigenvalue weighted by Crippen LogP contribution is -2.46. The van der Waals surface area contributed by atoms with Gasteiger partial charge in [-0.1, -0.05) is 247 Å². The molecule has 0 saturated heterocycles. The minimum absolute atomic E-state index is 0.0395. The molecule has 1 amide bonds. The van der Waals surface area contributed by atoms with Gasteiger partial charge in [0.2, 0.25) is 5.91 Å². The van der Waals surface area contributed by atoms with Crippen LogP contribution in [0.1, 0.15) is 252 Å². The molecule has 0 fully saturated rings. The third-order valence-electron chi connectivity index (χ3n) is 12.1. The topological polar surface area (TPSA) is 95.9 Å². The number of aliphatic hydroxyl groups excluding tert-OH is 2. The van der Waals surface area contributed by atoms with Crippen molar-refractivity contribution < 1.29 is 24.5 Å². The van der Waals surface area contributed by atoms with E-state index in [0.717, 1.165) is 96.3 Å². The fraction of sp³-hybridized carbons (Fsp3) is 0.729. The smallest absolute Gasteiger partial charge is 0.306 e. The molecule has 0 heterocycles. The van der Waals surface area contributed by atoms with Gasteiger partial charge >= 0.3 is 5.97 Å². The molecule has 0 aliphatic carbocycles. The van der Waals surface area contributed by atoms with Crippen LogP contribution < -0.4 is 5.32 Å². The van der Waals surface area contributed by atoms with Crippen LogP contribution in [0.15, 0.2) is 85.1 Å². The Labute approximate surface area is 402 Å². The van der Waals surface area contributed by atoms with Crippen LogP contribution in [0.2, 0.25) is 0 Å². The van der Waals surface area contributed by atoms with Gasteiger partial charge in [-0.3, -0.25) is 9.59 Å². The SMILES string of the molecule is CCCCC/C=C/C=C/C=C/C=C/CCCCCC(CC(=O)NC(CO)C(O)CCCCCCCCCCCCCC)OC(=O)CCCCCCC/C=C/C=C/C=C/CCCCCCC. The number of rotatable bonds is 48. The van der Waals surface area contributed by atoms with E-state index in [1.54, 1.807) is 0 Å². The van der Waals surface area contributed by atoms with E-state index >= 15 is 0 Å². The maximum atomic E-state index is 13.2. The van der Waals surface area contributed by atoms with E-state index in [2.05, 4.69) is 105 Å². The maximum Gasteiger partial charge on any atom is 0.306 e. The second kappa shape index (κ2) is 52.0. The highest BCUT2D eigenvalue weighted by atomic mass is 16.5. The number of hydrogen-bond acceptors (Lipinski definition) is 5. The summed E-state index contributed by atoms with van der Waals surface area (Å²) in [6, 6.07) is -0.723. The van der Waals surface area contributed by atoms with E-state index < -0.39 is 18.2 Å². The lowest BCUT2D eigenvalue weighted by molar-refractivity contribution is -0.151. The highest BCUT2D eigenvalue weighted by Gasteiger charge is 2.24. The Morgan fingerprint density at radius 2 is 0.785 bits per heavy atom. The average Bonchev–Trinajstić information content (AvgIpc) is 3.30. The van der Waals surface area contributed by atoms with Crippen LogP contribution in [0.25, 0.3) is 0 Å². The predicted octanol–water partition coefficient (Wildman–Crippen LogP) is 16.7. The van der Waals surface area contributed by atoms with Gasteiger partial charge in [0.15, 0.2) is 0 Å². The molecule has 0 bridgehead atoms. The van der Waals surface area contributed by atoms with Crippen molar-refractivity contribution >= 4 is 11.9 Å². The number of carbonyl (C=O) groups is 2. The standard InChI is InChI=1S/C59H103NO5/c1-4-7-10-13-16-19-22-25-27-29-30-32-34-37-40-43-46-49-52-59(64)65-55(50-47-44-41-38-35-33-31-28-26-23-20-17-14-11-8-5-2)53-58(63)60-56(54-61)57(62)51-48-45-42-39-36-24-21-18-15-12-9-6-3/h17,20,22-23,25-33,35,55-57,61-62H,4-16,18-19,21,24,34,36-54H2,1-3H3,(H,60,63)/b20-17+,25-22+,26-23+,29-27+,31-28+,32-30+,35-33+. The highest BCUT2D eigenvalue weighted by molar-refractivity contribution is 5.77. The fourth-order valence-electron chi connectivity index (χ4n) is 7.91. The number of allylic oxidation sites excluding steroid dienone is 14. The first kappa shape index (κ1) is 62.0. The van der Waals surface area contributed by atoms with E-state index in [9.17, 15) is 19.8 Å². The fourth-order valence-corrected chi connectivity index (χ4v) is 7.91. The van der Waals surface area contributed by atoms with Gasteiger partial charge in [0.1, 0.15) is 6.10 Å². The Morgan fingerprint density at radius 3 is 1.23 bits per heavy atom. The Hall–Kier alpha value is -2.96. The first-order valence-electron chi connectivity index (χ1n) is 27.4. The summed E-state index contributed by atoms with van der Waals surface area (Å²) >= 11 is 0. The number of esters is 1. The molecule has 0 aliphatic heterocycles. The van der Waals surface area contributed by atoms with Crippen molar-refractivity contribution in [1.29, 1.82) is 0 Å². The molecule has 0 aliphatic rings. The number of ether oxygens (including phenoxy) is 1. The van der Waals surface area contributed by atoms with Crippen LogP contribution in [0, 0.1) is 0 Å². The molecule has 65 heavy (non-hydrogen) atoms. The molecule has 3 atom stereocenters. The normalized spacial score (nSPS) is 13.9. The molecule has 0 radical (unpaired) electrons. The molecule has 0 spiro atoms. The number of amides is 1. The van der Waals surface area contributed by atoms with Crippen molar-refractivity contribution in [2.75, 3.05) is 6.61 Å². The largest absolute Gasteiger partial charge is 0.462 e. The van der Waals surface area contributed by atoms with Crippen molar-refractivity contribution in [3.05, 3.63) is 85.1 Å². The van der Waals surface area contributed by atoms with Gasteiger partial charge in [0.05, 0.1) is 25.2 Å². The maximum absolute atomic E-state index is 13.2. The predicted molar refractivity (Wildman–Crippen MR) is 282 cm³/mol. The zero-order valence-corrected chi connectivity index (χ0v) is 42.6. The van der Waals surface area contributed by atoms with Crippen molar-refractivity contribution in [3.8, 4) is 0 Å². The Balaban J connectivity index is 4.72. The molecule has 0 aromatic carbocycles. The monoisotopic (exact) mass is 906 g/mol. The Morgan fingerprint density at radius 1 is 0.446 bits per heavy atom. The molecule has 6 heteroatoms. The lowest BCUT2D eigenvalue weighted by Gasteiger charge is -2.24. The van der Waals surface area contributed by atoms with E-state index in [1.165, 1.54) is 109 Å². The molecule has 6 nitrogen and oxygen atoms in total. The molecule has 0 aromatic heterocycles. The molecule has 3 N–H and O–H groups in total. The molecule has 3 unspecified atom stereocenters. The van der Waals surface area contributed by atoms with Crippen molar-refractivity contribution in [3.63, 3.8) is 0 Å². The van der Waals surface area contributed by atoms with Crippen molar-refractivity contribution in [1.82, 2.24) is 5.32 Å². The van der Waals surface area contributed by atoms with E-state index in [1.807, 2.05) is 6.08 Å². The lowest BCUT2D eigenvalue weighted by atomic mass is 10.0. The van der Waals surface area contributed by atoms with Gasteiger partial charge < -0.3 is 20.3 Å². The van der Waals surface area contributed by atoms with Gasteiger partial charge in [-0.2, -0.15) is 0 Å². The summed E-state index contributed by atoms with van der Waals surface area (Å²) in [5.74, 6) is -0.537. The Bertz CT molecular complexity index is 1250. The van der Waals surface area contributed by atoms with Crippen LogP contribution in [0.5, 0.6) is 0 Å². The van der Waals surface area contributed by atoms with Crippen LogP contribution >= 0.6 is 0 Å². The molecule has 0 aromatic rings. The summed E-state index contributed by atoms with van der Waals surface area (Å²) in [5, 5.41) is 23.8. The van der Waals surface area contributed by atoms with Gasteiger partial charge in [0.25, 0.3) is 0 Å². The summed E-state index contributed by atoms with van der Waals surface area (Å²) in [7, 11) is 0. The van der Waals surface area contributed by atoms with E-state index in [-0.39, 0.29) is 24.9 Å². The molecular formula is C59H103NO5. The van der Waals surface area contributed by atoms with E-state index in [0.29, 0.717) is 19.3 Å². The number of hydrogen-bond donors (Lipinski definition) is 3. The molecule has 374 valence electrons. The summed E-state index contributed by atoms with van der Waals surface area (Å²) in [6.07, 6.45) is 67.8. The zero-order chi connectivity index (χ0) is 47.4. The van der Waals surface area contributed by atoms with Crippen LogP contribution in [-0.2, 0) is 14.3 Å². The van der Waals surface area contributed by atoms with Crippen molar-refractivity contribution in [2.45, 2.75) is 270 Å². The van der Waals surface area contributed by atoms with Gasteiger partial charge in [-0.25, -0.2) is 0 Å². The first-order chi connectivity index (χ1) is 32.0. The minimum Gasteiger partial charge on any atom is -0.462 e. The second-order valence-corrected chi connectivity index (χ2v) is 18.4. The number of carbonyl (C=O) groups excluding carboxylic acids is 2. The molecule has 0 saturated carbocycles. The Kier molecular flexibility index (Phi) is 49.6. The summed E-state index contributed by atoms with van der Waals surface area (Å²) in [6.45, 7) is 6.41. The van der Waals surface area contributed by atoms with Crippen LogP contribution in [0.3, 0.4) is 0 Å². The van der Waals surface area contributed by atoms with Gasteiger partial charge in [-0.15, -0.1) is 0 Å². The quantitative estimate of drug-likeness (QED) is 0.0321. The van der Waals surface area contributed by atoms with Gasteiger partial charge in [0, 0.05) is 6.42 Å². The number of nitrogens with one attached hydrogen (secondary N) is 1. The van der Waals surface area contributed by atoms with Crippen LogP contribution in [0.4, 0.5) is 0 Å². The summed E-state index contributed by atoms with van der Waals surface area (Å²) in [4.78, 5) is 26.2.